The molecule has 0 aliphatic heterocycles. The number of nitrogens with one attached hydrogen (secondary N) is 1. The Balaban J connectivity index is 2.97. The van der Waals surface area contributed by atoms with E-state index in [-0.39, 0.29) is 12.5 Å². The molecular formula is C14H17ClN4O. The topological polar surface area (TPSA) is 70.7 Å². The summed E-state index contributed by atoms with van der Waals surface area (Å²) in [6.45, 7) is 4.28. The number of aliphatic imine (C=N–C) groups is 1. The van der Waals surface area contributed by atoms with Crippen LogP contribution in [0.4, 0.5) is 10.5 Å². The molecular weight excluding hydrogens is 276 g/mol. The number of benzene rings is 1. The third-order valence-corrected chi connectivity index (χ3v) is 2.90. The van der Waals surface area contributed by atoms with Crippen molar-refractivity contribution in [2.75, 3.05) is 18.0 Å². The van der Waals surface area contributed by atoms with Crippen LogP contribution in [0.1, 0.15) is 12.5 Å². The Kier molecular flexibility index (Phi) is 5.88. The molecule has 3 N–H and O–H groups in total. The largest absolute Gasteiger partial charge is 0.370 e. The van der Waals surface area contributed by atoms with Gasteiger partial charge >= 0.3 is 6.03 Å². The number of halogens is 1. The average molecular weight is 293 g/mol. The average Bonchev–Trinajstić information content (AvgIpc) is 2.40. The van der Waals surface area contributed by atoms with E-state index < -0.39 is 6.03 Å². The number of nitrogens with zero attached hydrogens (tertiary/aromatic N) is 2. The van der Waals surface area contributed by atoms with Crippen molar-refractivity contribution < 1.29 is 4.79 Å². The summed E-state index contributed by atoms with van der Waals surface area (Å²) in [6, 6.07) is 5.04. The first-order valence-corrected chi connectivity index (χ1v) is 6.46. The van der Waals surface area contributed by atoms with Gasteiger partial charge in [-0.1, -0.05) is 29.7 Å². The second-order valence-corrected chi connectivity index (χ2v) is 4.39. The highest BCUT2D eigenvalue weighted by Crippen LogP contribution is 2.29. The van der Waals surface area contributed by atoms with Crippen molar-refractivity contribution in [1.82, 2.24) is 5.32 Å². The summed E-state index contributed by atoms with van der Waals surface area (Å²) in [5.74, 6) is 2.29. The lowest BCUT2D eigenvalue weighted by Gasteiger charge is -2.24. The highest BCUT2D eigenvalue weighted by Gasteiger charge is 2.19. The van der Waals surface area contributed by atoms with Gasteiger partial charge in [0.05, 0.1) is 10.7 Å². The van der Waals surface area contributed by atoms with Gasteiger partial charge in [-0.25, -0.2) is 9.79 Å². The van der Waals surface area contributed by atoms with Crippen LogP contribution in [-0.2, 0) is 0 Å². The molecule has 0 saturated carbocycles. The Labute approximate surface area is 123 Å². The lowest BCUT2D eigenvalue weighted by molar-refractivity contribution is 0.250. The van der Waals surface area contributed by atoms with Crippen LogP contribution in [0.5, 0.6) is 0 Å². The van der Waals surface area contributed by atoms with Crippen LogP contribution in [-0.4, -0.2) is 25.1 Å². The number of terminal acetylenes is 1. The summed E-state index contributed by atoms with van der Waals surface area (Å²) in [5.41, 5.74) is 7.12. The molecule has 0 radical (unpaired) electrons. The first kappa shape index (κ1) is 15.9. The van der Waals surface area contributed by atoms with Crippen molar-refractivity contribution in [3.8, 4) is 12.3 Å². The molecule has 0 aliphatic carbocycles. The summed E-state index contributed by atoms with van der Waals surface area (Å²) < 4.78 is 0. The van der Waals surface area contributed by atoms with Gasteiger partial charge in [0.15, 0.2) is 5.96 Å². The molecule has 20 heavy (non-hydrogen) atoms. The maximum atomic E-state index is 12.2. The molecule has 0 aromatic heterocycles. The van der Waals surface area contributed by atoms with Gasteiger partial charge in [0.25, 0.3) is 0 Å². The van der Waals surface area contributed by atoms with Gasteiger partial charge in [-0.3, -0.25) is 10.2 Å². The predicted molar refractivity (Wildman–Crippen MR) is 83.1 cm³/mol. The maximum Gasteiger partial charge on any atom is 0.328 e. The van der Waals surface area contributed by atoms with Crippen LogP contribution in [0.25, 0.3) is 0 Å². The minimum Gasteiger partial charge on any atom is -0.370 e. The molecule has 0 fully saturated rings. The zero-order valence-corrected chi connectivity index (χ0v) is 12.2. The normalized spacial score (nSPS) is 10.8. The first-order valence-electron chi connectivity index (χ1n) is 6.08. The number of anilines is 1. The molecule has 1 aromatic rings. The lowest BCUT2D eigenvalue weighted by Crippen LogP contribution is -2.46. The number of aryl methyl sites for hydroxylation is 1. The number of carbonyl (C=O) groups excluding carboxylic acids is 1. The Morgan fingerprint density at radius 1 is 1.60 bits per heavy atom. The smallest absolute Gasteiger partial charge is 0.328 e. The fourth-order valence-corrected chi connectivity index (χ4v) is 2.04. The molecule has 2 amide bonds. The van der Waals surface area contributed by atoms with E-state index in [1.165, 1.54) is 4.90 Å². The van der Waals surface area contributed by atoms with Crippen LogP contribution < -0.4 is 16.0 Å². The molecule has 106 valence electrons. The van der Waals surface area contributed by atoms with Crippen LogP contribution in [0.15, 0.2) is 23.2 Å². The summed E-state index contributed by atoms with van der Waals surface area (Å²) in [7, 11) is 0. The van der Waals surface area contributed by atoms with Gasteiger partial charge in [-0.2, -0.15) is 0 Å². The summed E-state index contributed by atoms with van der Waals surface area (Å²) in [5, 5.41) is 2.98. The predicted octanol–water partition coefficient (Wildman–Crippen LogP) is 2.13. The summed E-state index contributed by atoms with van der Waals surface area (Å²) in [6.07, 6.45) is 5.07. The van der Waals surface area contributed by atoms with E-state index in [2.05, 4.69) is 16.2 Å². The molecule has 0 aliphatic rings. The second-order valence-electron chi connectivity index (χ2n) is 3.99. The summed E-state index contributed by atoms with van der Waals surface area (Å²) in [4.78, 5) is 17.5. The molecule has 0 bridgehead atoms. The van der Waals surface area contributed by atoms with Crippen LogP contribution in [0.2, 0.25) is 5.02 Å². The molecule has 1 aromatic carbocycles. The van der Waals surface area contributed by atoms with Crippen molar-refractivity contribution >= 4 is 29.3 Å². The van der Waals surface area contributed by atoms with Crippen LogP contribution >= 0.6 is 11.6 Å². The monoisotopic (exact) mass is 292 g/mol. The molecule has 1 rings (SSSR count). The zero-order chi connectivity index (χ0) is 15.1. The van der Waals surface area contributed by atoms with Gasteiger partial charge in [-0.05, 0) is 25.5 Å². The molecule has 0 saturated heterocycles. The van der Waals surface area contributed by atoms with Crippen molar-refractivity contribution in [2.45, 2.75) is 13.8 Å². The molecule has 0 spiro atoms. The van der Waals surface area contributed by atoms with E-state index >= 15 is 0 Å². The van der Waals surface area contributed by atoms with Crippen molar-refractivity contribution in [2.24, 2.45) is 10.7 Å². The maximum absolute atomic E-state index is 12.2. The van der Waals surface area contributed by atoms with E-state index in [0.717, 1.165) is 5.56 Å². The molecule has 0 atom stereocenters. The van der Waals surface area contributed by atoms with E-state index in [4.69, 9.17) is 23.8 Å². The number of nitrogens with two attached hydrogens (primary N) is 1. The quantitative estimate of drug-likeness (QED) is 0.509. The molecule has 6 heteroatoms. The highest BCUT2D eigenvalue weighted by molar-refractivity contribution is 6.34. The third kappa shape index (κ3) is 3.90. The molecule has 0 heterocycles. The van der Waals surface area contributed by atoms with E-state index in [9.17, 15) is 4.79 Å². The fourth-order valence-electron chi connectivity index (χ4n) is 1.72. The summed E-state index contributed by atoms with van der Waals surface area (Å²) >= 11 is 6.16. The van der Waals surface area contributed by atoms with Crippen molar-refractivity contribution in [3.63, 3.8) is 0 Å². The van der Waals surface area contributed by atoms with E-state index in [1.807, 2.05) is 26.0 Å². The lowest BCUT2D eigenvalue weighted by atomic mass is 10.2. The number of hydrogen-bond acceptors (Lipinski definition) is 2. The van der Waals surface area contributed by atoms with Crippen LogP contribution in [0, 0.1) is 19.3 Å². The highest BCUT2D eigenvalue weighted by atomic mass is 35.5. The number of guanidine groups is 1. The first-order chi connectivity index (χ1) is 9.51. The van der Waals surface area contributed by atoms with Crippen molar-refractivity contribution in [3.05, 3.63) is 28.8 Å². The third-order valence-electron chi connectivity index (χ3n) is 2.60. The minimum atomic E-state index is -0.401. The minimum absolute atomic E-state index is 0.0175. The molecule has 0 unspecified atom stereocenters. The standard InChI is InChI=1S/C14H17ClN4O/c1-4-9-17-13(16)18-14(20)19(5-2)12-10(3)7-6-8-11(12)15/h1,6-8H,5,9H2,2-3H3,(H3,16,17,18,20). The van der Waals surface area contributed by atoms with Crippen LogP contribution in [0.3, 0.4) is 0 Å². The number of urea groups is 1. The number of amides is 2. The Bertz CT molecular complexity index is 543. The Morgan fingerprint density at radius 3 is 2.85 bits per heavy atom. The number of para-hydroxylation sites is 1. The number of hydrogen-bond donors (Lipinski definition) is 2. The zero-order valence-electron chi connectivity index (χ0n) is 11.5. The second kappa shape index (κ2) is 7.41. The Morgan fingerprint density at radius 2 is 2.30 bits per heavy atom. The van der Waals surface area contributed by atoms with Gasteiger partial charge in [0.1, 0.15) is 6.54 Å². The fraction of sp³-hybridized carbons (Fsp3) is 0.286. The van der Waals surface area contributed by atoms with Gasteiger partial charge in [-0.15, -0.1) is 6.42 Å². The number of rotatable bonds is 3. The Hall–Kier alpha value is -2.19. The van der Waals surface area contributed by atoms with Crippen molar-refractivity contribution in [1.29, 1.82) is 0 Å². The van der Waals surface area contributed by atoms with E-state index in [0.29, 0.717) is 17.3 Å². The van der Waals surface area contributed by atoms with E-state index in [1.54, 1.807) is 6.07 Å². The van der Waals surface area contributed by atoms with Gasteiger partial charge in [0.2, 0.25) is 0 Å². The van der Waals surface area contributed by atoms with Gasteiger partial charge in [0, 0.05) is 6.54 Å². The SMILES string of the molecule is C#CCN=C(N)NC(=O)N(CC)c1c(C)cccc1Cl. The molecule has 5 nitrogen and oxygen atoms in total. The van der Waals surface area contributed by atoms with Gasteiger partial charge < -0.3 is 5.73 Å². The number of carbonyl (C=O) groups is 1.